The van der Waals surface area contributed by atoms with E-state index in [0.717, 1.165) is 102 Å². The van der Waals surface area contributed by atoms with Gasteiger partial charge in [0, 0.05) is 58.8 Å². The van der Waals surface area contributed by atoms with Gasteiger partial charge >= 0.3 is 0 Å². The molecular formula is C120H90N16. The Kier molecular flexibility index (Phi) is 19.5. The first-order valence-electron chi connectivity index (χ1n) is 46.1. The average Bonchev–Trinajstić information content (AvgIpc) is 1.51. The van der Waals surface area contributed by atoms with E-state index in [9.17, 15) is 0 Å². The first-order valence-corrected chi connectivity index (χ1v) is 46.1. The maximum absolute atomic E-state index is 5.01. The zero-order valence-corrected chi connectivity index (χ0v) is 76.3. The van der Waals surface area contributed by atoms with E-state index in [-0.39, 0.29) is 21.7 Å². The largest absolute Gasteiger partial charge is 0.290 e. The summed E-state index contributed by atoms with van der Waals surface area (Å²) < 4.78 is 9.03. The molecule has 0 N–H and O–H groups in total. The summed E-state index contributed by atoms with van der Waals surface area (Å²) in [6.07, 6.45) is 13.8. The summed E-state index contributed by atoms with van der Waals surface area (Å²) in [4.78, 5) is 55.3. The molecule has 16 heteroatoms. The van der Waals surface area contributed by atoms with Gasteiger partial charge in [0.25, 0.3) is 0 Å². The highest BCUT2D eigenvalue weighted by Crippen LogP contribution is 2.53. The Balaban J connectivity index is 0.0000000994. The second kappa shape index (κ2) is 32.4. The number of imidazole rings is 4. The van der Waals surface area contributed by atoms with Gasteiger partial charge in [-0.05, 0) is 225 Å². The van der Waals surface area contributed by atoms with Crippen LogP contribution in [0.25, 0.3) is 191 Å². The number of hydrogen-bond acceptors (Lipinski definition) is 12. The Labute approximate surface area is 786 Å². The number of para-hydroxylation sites is 4. The van der Waals surface area contributed by atoms with Gasteiger partial charge in [0.1, 0.15) is 24.0 Å². The first-order chi connectivity index (χ1) is 66.5. The zero-order valence-electron chi connectivity index (χ0n) is 76.3. The molecule has 4 aliphatic rings. The molecule has 0 saturated heterocycles. The zero-order chi connectivity index (χ0) is 91.7. The van der Waals surface area contributed by atoms with Crippen LogP contribution in [0.5, 0.6) is 0 Å². The van der Waals surface area contributed by atoms with Crippen molar-refractivity contribution in [2.75, 3.05) is 0 Å². The summed E-state index contributed by atoms with van der Waals surface area (Å²) in [7, 11) is 0. The molecule has 0 aliphatic carbocycles. The molecule has 0 saturated carbocycles. The Morgan fingerprint density at radius 1 is 0.206 bits per heavy atom. The summed E-state index contributed by atoms with van der Waals surface area (Å²) in [5.41, 5.74) is 38.9. The van der Waals surface area contributed by atoms with E-state index >= 15 is 0 Å². The Morgan fingerprint density at radius 3 is 0.926 bits per heavy atom. The van der Waals surface area contributed by atoms with E-state index in [4.69, 9.17) is 19.9 Å². The Morgan fingerprint density at radius 2 is 0.507 bits per heavy atom. The van der Waals surface area contributed by atoms with Gasteiger partial charge in [-0.25, -0.2) is 59.8 Å². The van der Waals surface area contributed by atoms with Gasteiger partial charge in [0.2, 0.25) is 0 Å². The molecule has 16 nitrogen and oxygen atoms in total. The number of fused-ring (bicyclic) bond motifs is 9. The smallest absolute Gasteiger partial charge is 0.196 e. The SMILES string of the molecule is CC1(C)c2cc(-c3cccc(-c4ccccc4)c3)ccc2-n2c(-c3ncccn3)nc3cccc1c32.CC1(C)c2cc(-c3cccc4ccccc34)ccc2-n2c(-c3ccncn3)nc3cccc1c32.CC1(C)c2cc(-c3ccccc3)ccc2-n2c(-c3ccncn3)nc3cccc1c32.CC1(C)c2cc(-c3ccccc3-c3ccccc3)ccc2-n2c(-c3ncccn3)nc3cccc1c32. The van der Waals surface area contributed by atoms with Crippen molar-refractivity contribution in [2.45, 2.75) is 77.0 Å². The van der Waals surface area contributed by atoms with Gasteiger partial charge in [-0.3, -0.25) is 18.3 Å². The summed E-state index contributed by atoms with van der Waals surface area (Å²) >= 11 is 0. The molecule has 0 fully saturated rings. The van der Waals surface area contributed by atoms with Crippen LogP contribution >= 0.6 is 0 Å². The fraction of sp³-hybridized carbons (Fsp3) is 0.100. The number of nitrogens with zero attached hydrogens (tertiary/aromatic N) is 16. The molecule has 0 bridgehead atoms. The van der Waals surface area contributed by atoms with Crippen LogP contribution in [-0.4, -0.2) is 78.1 Å². The Bertz CT molecular complexity index is 8630. The molecule has 650 valence electrons. The molecule has 27 rings (SSSR count). The molecule has 4 aliphatic heterocycles. The van der Waals surface area contributed by atoms with Crippen molar-refractivity contribution in [3.8, 4) is 136 Å². The van der Waals surface area contributed by atoms with E-state index in [0.29, 0.717) is 11.6 Å². The van der Waals surface area contributed by atoms with Crippen LogP contribution in [0.2, 0.25) is 0 Å². The van der Waals surface area contributed by atoms with Crippen LogP contribution in [0.15, 0.2) is 402 Å². The molecule has 136 heavy (non-hydrogen) atoms. The van der Waals surface area contributed by atoms with Crippen molar-refractivity contribution in [1.29, 1.82) is 0 Å². The van der Waals surface area contributed by atoms with Gasteiger partial charge in [-0.2, -0.15) is 0 Å². The molecule has 0 radical (unpaired) electrons. The molecule has 0 atom stereocenters. The fourth-order valence-electron chi connectivity index (χ4n) is 21.2. The maximum Gasteiger partial charge on any atom is 0.196 e. The molecule has 0 unspecified atom stereocenters. The van der Waals surface area contributed by atoms with Crippen molar-refractivity contribution in [3.05, 3.63) is 446 Å². The van der Waals surface area contributed by atoms with Crippen molar-refractivity contribution in [1.82, 2.24) is 78.1 Å². The number of rotatable bonds is 10. The molecule has 8 aromatic heterocycles. The first kappa shape index (κ1) is 82.0. The summed E-state index contributed by atoms with van der Waals surface area (Å²) in [6, 6.07) is 125. The van der Waals surface area contributed by atoms with Crippen molar-refractivity contribution in [2.24, 2.45) is 0 Å². The second-order valence-electron chi connectivity index (χ2n) is 37.3. The van der Waals surface area contributed by atoms with Crippen LogP contribution in [0.1, 0.15) is 99.9 Å². The minimum atomic E-state index is -0.197. The highest BCUT2D eigenvalue weighted by molar-refractivity contribution is 5.99. The molecular weight excluding hydrogens is 1670 g/mol. The molecule has 0 amide bonds. The van der Waals surface area contributed by atoms with Crippen LogP contribution < -0.4 is 0 Å². The van der Waals surface area contributed by atoms with Crippen molar-refractivity contribution in [3.63, 3.8) is 0 Å². The molecule has 23 aromatic rings. The highest BCUT2D eigenvalue weighted by atomic mass is 15.2. The maximum atomic E-state index is 5.01. The normalized spacial score (nSPS) is 13.7. The van der Waals surface area contributed by atoms with Crippen LogP contribution in [0.4, 0.5) is 0 Å². The molecule has 12 heterocycles. The number of hydrogen-bond donors (Lipinski definition) is 0. The number of benzene rings is 15. The standard InChI is InChI=1S/2C32H24N4.C30H22N4.C26H20N4/c1-32(2)25-13-7-14-27-29(25)36(31(35-27)30-33-17-8-18-34-30)28-16-15-24(20-26(28)32)23-12-6-11-22(19-23)21-9-4-3-5-10-21;1-32(2)25-14-8-15-27-29(25)36(31(35-27)30-33-18-9-19-34-30)28-17-16-22(20-26(28)32)24-13-7-6-12-23(24)21-10-4-3-5-11-21;1-30(2)23-11-6-12-25-28(23)34(29(33-25)26-15-16-31-18-32-26)27-14-13-20(17-24(27)30)22-10-5-8-19-7-3-4-9-21(19)22;1-26(2)19-9-6-10-21-24(19)30(25(29-21)22-13-14-27-16-28-22)23-12-11-18(15-20(23)26)17-7-4-3-5-8-17/h2*3-20H,1-2H3;3-18H,1-2H3;3-16H,1-2H3. The summed E-state index contributed by atoms with van der Waals surface area (Å²) in [6.45, 7) is 18.5. The van der Waals surface area contributed by atoms with Gasteiger partial charge in [0.15, 0.2) is 34.9 Å². The van der Waals surface area contributed by atoms with Gasteiger partial charge in [-0.1, -0.05) is 304 Å². The summed E-state index contributed by atoms with van der Waals surface area (Å²) in [5.74, 6) is 4.50. The lowest BCUT2D eigenvalue weighted by Gasteiger charge is -2.35. The van der Waals surface area contributed by atoms with E-state index in [1.165, 1.54) is 122 Å². The molecule has 0 spiro atoms. The van der Waals surface area contributed by atoms with Crippen LogP contribution in [0.3, 0.4) is 0 Å². The topological polar surface area (TPSA) is 174 Å². The van der Waals surface area contributed by atoms with E-state index in [1.54, 1.807) is 49.8 Å². The third kappa shape index (κ3) is 13.5. The highest BCUT2D eigenvalue weighted by Gasteiger charge is 2.42. The van der Waals surface area contributed by atoms with Crippen LogP contribution in [0, 0.1) is 0 Å². The second-order valence-corrected chi connectivity index (χ2v) is 37.3. The lowest BCUT2D eigenvalue weighted by molar-refractivity contribution is 0.629. The number of aromatic nitrogens is 16. The van der Waals surface area contributed by atoms with E-state index in [2.05, 4.69) is 441 Å². The third-order valence-corrected chi connectivity index (χ3v) is 28.0. The van der Waals surface area contributed by atoms with Gasteiger partial charge in [0.05, 0.1) is 66.9 Å². The predicted octanol–water partition coefficient (Wildman–Crippen LogP) is 27.6. The van der Waals surface area contributed by atoms with Gasteiger partial charge < -0.3 is 0 Å². The lowest BCUT2D eigenvalue weighted by Crippen LogP contribution is -2.26. The fourth-order valence-corrected chi connectivity index (χ4v) is 21.2. The minimum Gasteiger partial charge on any atom is -0.290 e. The summed E-state index contributed by atoms with van der Waals surface area (Å²) in [5, 5.41) is 2.52. The quantitative estimate of drug-likeness (QED) is 0.127. The lowest BCUT2D eigenvalue weighted by atomic mass is 9.74. The average molecular weight is 1760 g/mol. The van der Waals surface area contributed by atoms with E-state index < -0.39 is 0 Å². The minimum absolute atomic E-state index is 0.140. The van der Waals surface area contributed by atoms with Crippen LogP contribution in [-0.2, 0) is 21.7 Å². The third-order valence-electron chi connectivity index (χ3n) is 28.0. The van der Waals surface area contributed by atoms with E-state index in [1.807, 2.05) is 24.3 Å². The van der Waals surface area contributed by atoms with Gasteiger partial charge in [-0.15, -0.1) is 0 Å². The molecule has 15 aromatic carbocycles. The predicted molar refractivity (Wildman–Crippen MR) is 547 cm³/mol. The van der Waals surface area contributed by atoms with Crippen molar-refractivity contribution < 1.29 is 0 Å². The van der Waals surface area contributed by atoms with Crippen molar-refractivity contribution >= 4 is 54.9 Å². The monoisotopic (exact) mass is 1750 g/mol. The Hall–Kier alpha value is -17.2.